The van der Waals surface area contributed by atoms with Crippen LogP contribution < -0.4 is 0 Å². The van der Waals surface area contributed by atoms with E-state index in [4.69, 9.17) is 4.52 Å². The molecule has 1 saturated heterocycles. The topological polar surface area (TPSA) is 75.0 Å². The highest BCUT2D eigenvalue weighted by Gasteiger charge is 2.30. The number of aryl methyl sites for hydroxylation is 1. The maximum atomic E-state index is 12.3. The SMILES string of the molecule is CCc1cc(C(=O)N2CC[C@@H](c3ccn[nH]3)C2)no1. The van der Waals surface area contributed by atoms with E-state index in [9.17, 15) is 4.79 Å². The maximum Gasteiger partial charge on any atom is 0.276 e. The van der Waals surface area contributed by atoms with Gasteiger partial charge in [0.15, 0.2) is 5.69 Å². The molecular formula is C13H16N4O2. The number of aromatic amines is 1. The largest absolute Gasteiger partial charge is 0.361 e. The maximum absolute atomic E-state index is 12.3. The summed E-state index contributed by atoms with van der Waals surface area (Å²) in [6.07, 6.45) is 3.44. The van der Waals surface area contributed by atoms with Crippen LogP contribution in [-0.4, -0.2) is 39.3 Å². The fourth-order valence-corrected chi connectivity index (χ4v) is 2.43. The molecular weight excluding hydrogens is 244 g/mol. The molecule has 6 heteroatoms. The Kier molecular flexibility index (Phi) is 3.06. The van der Waals surface area contributed by atoms with Gasteiger partial charge >= 0.3 is 0 Å². The molecule has 6 nitrogen and oxygen atoms in total. The minimum atomic E-state index is -0.0505. The van der Waals surface area contributed by atoms with Gasteiger partial charge in [-0.15, -0.1) is 0 Å². The number of rotatable bonds is 3. The first-order chi connectivity index (χ1) is 9.28. The Bertz CT molecular complexity index is 561. The number of amides is 1. The molecule has 0 saturated carbocycles. The molecule has 1 N–H and O–H groups in total. The molecule has 1 aliphatic heterocycles. The Morgan fingerprint density at radius 1 is 1.63 bits per heavy atom. The number of hydrogen-bond donors (Lipinski definition) is 1. The van der Waals surface area contributed by atoms with Gasteiger partial charge in [-0.05, 0) is 12.5 Å². The smallest absolute Gasteiger partial charge is 0.276 e. The number of nitrogens with one attached hydrogen (secondary N) is 1. The lowest BCUT2D eigenvalue weighted by Crippen LogP contribution is -2.28. The Hall–Kier alpha value is -2.11. The first-order valence-electron chi connectivity index (χ1n) is 6.52. The van der Waals surface area contributed by atoms with Crippen molar-refractivity contribution in [2.24, 2.45) is 0 Å². The van der Waals surface area contributed by atoms with Gasteiger partial charge in [0.05, 0.1) is 0 Å². The zero-order valence-electron chi connectivity index (χ0n) is 10.8. The zero-order valence-corrected chi connectivity index (χ0v) is 10.8. The van der Waals surface area contributed by atoms with Crippen LogP contribution in [0.15, 0.2) is 22.9 Å². The van der Waals surface area contributed by atoms with E-state index in [1.807, 2.05) is 17.9 Å². The van der Waals surface area contributed by atoms with Gasteiger partial charge in [0.2, 0.25) is 0 Å². The normalized spacial score (nSPS) is 19.0. The highest BCUT2D eigenvalue weighted by atomic mass is 16.5. The number of carbonyl (C=O) groups is 1. The molecule has 0 unspecified atom stereocenters. The third-order valence-electron chi connectivity index (χ3n) is 3.56. The number of aromatic nitrogens is 3. The van der Waals surface area contributed by atoms with E-state index in [1.165, 1.54) is 0 Å². The summed E-state index contributed by atoms with van der Waals surface area (Å²) in [4.78, 5) is 14.1. The quantitative estimate of drug-likeness (QED) is 0.909. The number of hydrogen-bond acceptors (Lipinski definition) is 4. The molecule has 0 bridgehead atoms. The number of carbonyl (C=O) groups excluding carboxylic acids is 1. The summed E-state index contributed by atoms with van der Waals surface area (Å²) in [6, 6.07) is 3.69. The van der Waals surface area contributed by atoms with Crippen molar-refractivity contribution in [1.82, 2.24) is 20.3 Å². The molecule has 0 radical (unpaired) electrons. The van der Waals surface area contributed by atoms with Crippen molar-refractivity contribution in [3.05, 3.63) is 35.5 Å². The fraction of sp³-hybridized carbons (Fsp3) is 0.462. The zero-order chi connectivity index (χ0) is 13.2. The van der Waals surface area contributed by atoms with E-state index >= 15 is 0 Å². The second-order valence-electron chi connectivity index (χ2n) is 4.78. The van der Waals surface area contributed by atoms with Gasteiger partial charge in [0.1, 0.15) is 5.76 Å². The van der Waals surface area contributed by atoms with E-state index in [1.54, 1.807) is 12.3 Å². The van der Waals surface area contributed by atoms with Crippen molar-refractivity contribution >= 4 is 5.91 Å². The minimum absolute atomic E-state index is 0.0505. The minimum Gasteiger partial charge on any atom is -0.361 e. The summed E-state index contributed by atoms with van der Waals surface area (Å²) < 4.78 is 5.08. The van der Waals surface area contributed by atoms with Gasteiger partial charge in [-0.3, -0.25) is 9.89 Å². The van der Waals surface area contributed by atoms with Crippen molar-refractivity contribution < 1.29 is 9.32 Å². The van der Waals surface area contributed by atoms with E-state index < -0.39 is 0 Å². The molecule has 19 heavy (non-hydrogen) atoms. The molecule has 0 aromatic carbocycles. The molecule has 1 amide bonds. The van der Waals surface area contributed by atoms with Crippen LogP contribution in [0.3, 0.4) is 0 Å². The Morgan fingerprint density at radius 3 is 3.21 bits per heavy atom. The van der Waals surface area contributed by atoms with E-state index in [2.05, 4.69) is 15.4 Å². The standard InChI is InChI=1S/C13H16N4O2/c1-2-10-7-12(16-19-10)13(18)17-6-4-9(8-17)11-3-5-14-15-11/h3,5,7,9H,2,4,6,8H2,1H3,(H,14,15)/t9-/m1/s1. The van der Waals surface area contributed by atoms with Crippen molar-refractivity contribution in [2.75, 3.05) is 13.1 Å². The van der Waals surface area contributed by atoms with E-state index in [0.29, 0.717) is 18.2 Å². The van der Waals surface area contributed by atoms with Crippen LogP contribution in [0.25, 0.3) is 0 Å². The summed E-state index contributed by atoms with van der Waals surface area (Å²) in [5.41, 5.74) is 1.49. The van der Waals surface area contributed by atoms with Crippen LogP contribution in [0, 0.1) is 0 Å². The molecule has 100 valence electrons. The lowest BCUT2D eigenvalue weighted by molar-refractivity contribution is 0.0780. The van der Waals surface area contributed by atoms with E-state index in [-0.39, 0.29) is 5.91 Å². The monoisotopic (exact) mass is 260 g/mol. The number of likely N-dealkylation sites (tertiary alicyclic amines) is 1. The molecule has 1 fully saturated rings. The van der Waals surface area contributed by atoms with Gasteiger partial charge < -0.3 is 9.42 Å². The molecule has 2 aromatic heterocycles. The van der Waals surface area contributed by atoms with Crippen LogP contribution in [-0.2, 0) is 6.42 Å². The van der Waals surface area contributed by atoms with Crippen molar-refractivity contribution in [3.8, 4) is 0 Å². The van der Waals surface area contributed by atoms with Crippen molar-refractivity contribution in [2.45, 2.75) is 25.7 Å². The Labute approximate surface area is 110 Å². The lowest BCUT2D eigenvalue weighted by atomic mass is 10.1. The van der Waals surface area contributed by atoms with Gasteiger partial charge in [0.25, 0.3) is 5.91 Å². The third kappa shape index (κ3) is 2.25. The molecule has 0 spiro atoms. The Balaban J connectivity index is 1.69. The Morgan fingerprint density at radius 2 is 2.53 bits per heavy atom. The number of nitrogens with zero attached hydrogens (tertiary/aromatic N) is 3. The average Bonchev–Trinajstić information content (AvgIpc) is 3.16. The van der Waals surface area contributed by atoms with Crippen molar-refractivity contribution in [1.29, 1.82) is 0 Å². The van der Waals surface area contributed by atoms with E-state index in [0.717, 1.165) is 30.8 Å². The molecule has 3 rings (SSSR count). The summed E-state index contributed by atoms with van der Waals surface area (Å²) in [6.45, 7) is 3.42. The summed E-state index contributed by atoms with van der Waals surface area (Å²) in [5, 5.41) is 10.8. The first kappa shape index (κ1) is 12.0. The van der Waals surface area contributed by atoms with Gasteiger partial charge in [-0.25, -0.2) is 0 Å². The van der Waals surface area contributed by atoms with Crippen LogP contribution in [0.2, 0.25) is 0 Å². The molecule has 2 aromatic rings. The molecule has 1 atom stereocenters. The second kappa shape index (κ2) is 4.87. The summed E-state index contributed by atoms with van der Waals surface area (Å²) in [7, 11) is 0. The van der Waals surface area contributed by atoms with Crippen LogP contribution in [0.5, 0.6) is 0 Å². The van der Waals surface area contributed by atoms with Crippen molar-refractivity contribution in [3.63, 3.8) is 0 Å². The highest BCUT2D eigenvalue weighted by Crippen LogP contribution is 2.26. The summed E-state index contributed by atoms with van der Waals surface area (Å²) >= 11 is 0. The predicted molar refractivity (Wildman–Crippen MR) is 67.7 cm³/mol. The predicted octanol–water partition coefficient (Wildman–Crippen LogP) is 1.59. The second-order valence-corrected chi connectivity index (χ2v) is 4.78. The number of H-pyrrole nitrogens is 1. The van der Waals surface area contributed by atoms with Gasteiger partial charge in [-0.2, -0.15) is 5.10 Å². The molecule has 3 heterocycles. The van der Waals surface area contributed by atoms with Gasteiger partial charge in [-0.1, -0.05) is 12.1 Å². The van der Waals surface area contributed by atoms with Crippen LogP contribution in [0.4, 0.5) is 0 Å². The highest BCUT2D eigenvalue weighted by molar-refractivity contribution is 5.92. The average molecular weight is 260 g/mol. The molecule has 1 aliphatic rings. The summed E-state index contributed by atoms with van der Waals surface area (Å²) in [5.74, 6) is 1.03. The van der Waals surface area contributed by atoms with Crippen LogP contribution in [0.1, 0.15) is 41.2 Å². The lowest BCUT2D eigenvalue weighted by Gasteiger charge is -2.14. The fourth-order valence-electron chi connectivity index (χ4n) is 2.43. The molecule has 0 aliphatic carbocycles. The van der Waals surface area contributed by atoms with Gasteiger partial charge in [0, 0.05) is 43.4 Å². The third-order valence-corrected chi connectivity index (χ3v) is 3.56. The first-order valence-corrected chi connectivity index (χ1v) is 6.52. The van der Waals surface area contributed by atoms with Crippen LogP contribution >= 0.6 is 0 Å².